The Morgan fingerprint density at radius 3 is 2.70 bits per heavy atom. The van der Waals surface area contributed by atoms with Crippen molar-refractivity contribution < 1.29 is 4.39 Å². The summed E-state index contributed by atoms with van der Waals surface area (Å²) in [5, 5.41) is 2.47. The first kappa shape index (κ1) is 7.34. The smallest absolute Gasteiger partial charge is 0.153 e. The summed E-state index contributed by atoms with van der Waals surface area (Å²) < 4.78 is 13.1. The second kappa shape index (κ2) is 2.88. The monoisotopic (exact) mass is 203 g/mol. The Morgan fingerprint density at radius 2 is 2.20 bits per heavy atom. The highest BCUT2D eigenvalue weighted by Crippen LogP contribution is 2.20. The number of benzene rings is 1. The molecule has 1 aromatic rings. The number of halogens is 2. The number of hydrogen-bond donors (Lipinski definition) is 0. The van der Waals surface area contributed by atoms with E-state index in [0.717, 1.165) is 0 Å². The molecule has 1 rings (SSSR count). The van der Waals surface area contributed by atoms with Crippen molar-refractivity contribution in [3.63, 3.8) is 0 Å². The van der Waals surface area contributed by atoms with Crippen molar-refractivity contribution in [3.8, 4) is 0 Å². The van der Waals surface area contributed by atoms with E-state index in [9.17, 15) is 9.30 Å². The molecule has 0 aliphatic carbocycles. The minimum Gasteiger partial charge on any atom is -0.204 e. The number of nitroso groups, excluding NO2 is 1. The molecule has 4 heteroatoms. The molecule has 52 valence electrons. The van der Waals surface area contributed by atoms with E-state index in [0.29, 0.717) is 4.47 Å². The van der Waals surface area contributed by atoms with E-state index < -0.39 is 5.82 Å². The Balaban J connectivity index is 3.19. The lowest BCUT2D eigenvalue weighted by Crippen LogP contribution is -1.73. The summed E-state index contributed by atoms with van der Waals surface area (Å²) in [5.41, 5.74) is -0.164. The Morgan fingerprint density at radius 1 is 1.50 bits per heavy atom. The lowest BCUT2D eigenvalue weighted by Gasteiger charge is -1.91. The molecule has 0 N–H and O–H groups in total. The van der Waals surface area contributed by atoms with Crippen molar-refractivity contribution in [1.29, 1.82) is 0 Å². The average Bonchev–Trinajstić information content (AvgIpc) is 1.88. The maximum Gasteiger partial charge on any atom is 0.153 e. The normalized spacial score (nSPS) is 9.40. The zero-order chi connectivity index (χ0) is 7.56. The van der Waals surface area contributed by atoms with Gasteiger partial charge in [-0.05, 0) is 23.4 Å². The molecule has 0 unspecified atom stereocenters. The highest BCUT2D eigenvalue weighted by molar-refractivity contribution is 9.10. The quantitative estimate of drug-likeness (QED) is 0.646. The van der Waals surface area contributed by atoms with E-state index in [1.807, 2.05) is 0 Å². The Labute approximate surface area is 65.2 Å². The molecule has 0 aromatic heterocycles. The predicted octanol–water partition coefficient (Wildman–Crippen LogP) is 2.99. The third kappa shape index (κ3) is 1.39. The zero-order valence-electron chi connectivity index (χ0n) is 4.84. The average molecular weight is 204 g/mol. The standard InChI is InChI=1S/C6H3BrFNO/c7-4-1-2-6(9-10)5(8)3-4/h1-3H. The molecule has 2 nitrogen and oxygen atoms in total. The van der Waals surface area contributed by atoms with Gasteiger partial charge < -0.3 is 0 Å². The molecular weight excluding hydrogens is 201 g/mol. The van der Waals surface area contributed by atoms with Crippen molar-refractivity contribution in [2.45, 2.75) is 0 Å². The van der Waals surface area contributed by atoms with Crippen molar-refractivity contribution in [2.75, 3.05) is 0 Å². The second-order valence-corrected chi connectivity index (χ2v) is 2.60. The molecule has 0 spiro atoms. The van der Waals surface area contributed by atoms with Gasteiger partial charge in [0, 0.05) is 4.47 Å². The highest BCUT2D eigenvalue weighted by Gasteiger charge is 2.00. The molecule has 0 saturated carbocycles. The summed E-state index contributed by atoms with van der Waals surface area (Å²) >= 11 is 3.04. The summed E-state index contributed by atoms with van der Waals surface area (Å²) in [6.07, 6.45) is 0. The summed E-state index contributed by atoms with van der Waals surface area (Å²) in [6, 6.07) is 4.06. The molecule has 0 amide bonds. The molecule has 0 bridgehead atoms. The fourth-order valence-corrected chi connectivity index (χ4v) is 0.888. The van der Waals surface area contributed by atoms with Crippen LogP contribution >= 0.6 is 15.9 Å². The van der Waals surface area contributed by atoms with Gasteiger partial charge in [0.1, 0.15) is 5.69 Å². The molecular formula is C6H3BrFNO. The van der Waals surface area contributed by atoms with E-state index in [1.165, 1.54) is 12.1 Å². The summed E-state index contributed by atoms with van der Waals surface area (Å²) in [5.74, 6) is -0.607. The summed E-state index contributed by atoms with van der Waals surface area (Å²) in [7, 11) is 0. The fourth-order valence-electron chi connectivity index (χ4n) is 0.555. The van der Waals surface area contributed by atoms with E-state index >= 15 is 0 Å². The van der Waals surface area contributed by atoms with Gasteiger partial charge in [0.05, 0.1) is 0 Å². The molecule has 0 saturated heterocycles. The van der Waals surface area contributed by atoms with Crippen LogP contribution in [-0.2, 0) is 0 Å². The van der Waals surface area contributed by atoms with Crippen LogP contribution in [0.3, 0.4) is 0 Å². The van der Waals surface area contributed by atoms with Gasteiger partial charge in [-0.2, -0.15) is 0 Å². The SMILES string of the molecule is O=Nc1ccc(Br)cc1F. The lowest BCUT2D eigenvalue weighted by atomic mass is 10.3. The van der Waals surface area contributed by atoms with Crippen molar-refractivity contribution in [1.82, 2.24) is 0 Å². The van der Waals surface area contributed by atoms with Crippen LogP contribution in [0.5, 0.6) is 0 Å². The van der Waals surface area contributed by atoms with Gasteiger partial charge in [0.25, 0.3) is 0 Å². The largest absolute Gasteiger partial charge is 0.204 e. The minimum atomic E-state index is -0.607. The van der Waals surface area contributed by atoms with Gasteiger partial charge in [0.2, 0.25) is 0 Å². The van der Waals surface area contributed by atoms with E-state index in [2.05, 4.69) is 21.1 Å². The van der Waals surface area contributed by atoms with Gasteiger partial charge >= 0.3 is 0 Å². The lowest BCUT2D eigenvalue weighted by molar-refractivity contribution is 0.629. The first-order valence-electron chi connectivity index (χ1n) is 2.52. The van der Waals surface area contributed by atoms with E-state index in [1.54, 1.807) is 6.07 Å². The Bertz CT molecular complexity index is 264. The third-order valence-corrected chi connectivity index (χ3v) is 1.50. The topological polar surface area (TPSA) is 29.4 Å². The van der Waals surface area contributed by atoms with Crippen molar-refractivity contribution in [2.24, 2.45) is 5.18 Å². The third-order valence-electron chi connectivity index (χ3n) is 1.01. The van der Waals surface area contributed by atoms with Gasteiger partial charge in [-0.15, -0.1) is 4.91 Å². The number of rotatable bonds is 1. The molecule has 0 fully saturated rings. The van der Waals surface area contributed by atoms with Crippen LogP contribution in [0, 0.1) is 10.7 Å². The number of hydrogen-bond acceptors (Lipinski definition) is 2. The maximum atomic E-state index is 12.5. The molecule has 0 radical (unpaired) electrons. The van der Waals surface area contributed by atoms with Crippen LogP contribution in [-0.4, -0.2) is 0 Å². The molecule has 0 heterocycles. The van der Waals surface area contributed by atoms with Gasteiger partial charge in [-0.25, -0.2) is 4.39 Å². The first-order valence-corrected chi connectivity index (χ1v) is 3.32. The first-order chi connectivity index (χ1) is 4.74. The predicted molar refractivity (Wildman–Crippen MR) is 39.6 cm³/mol. The molecule has 10 heavy (non-hydrogen) atoms. The molecule has 1 aromatic carbocycles. The van der Waals surface area contributed by atoms with E-state index in [4.69, 9.17) is 0 Å². The van der Waals surface area contributed by atoms with Crippen molar-refractivity contribution in [3.05, 3.63) is 33.4 Å². The van der Waals surface area contributed by atoms with Gasteiger partial charge in [-0.3, -0.25) is 0 Å². The minimum absolute atomic E-state index is 0.164. The van der Waals surface area contributed by atoms with Crippen LogP contribution in [0.2, 0.25) is 0 Å². The van der Waals surface area contributed by atoms with Crippen LogP contribution in [0.25, 0.3) is 0 Å². The van der Waals surface area contributed by atoms with Gasteiger partial charge in [-0.1, -0.05) is 15.9 Å². The Kier molecular flexibility index (Phi) is 2.11. The fraction of sp³-hybridized carbons (Fsp3) is 0. The second-order valence-electron chi connectivity index (χ2n) is 1.69. The zero-order valence-corrected chi connectivity index (χ0v) is 6.43. The molecule has 0 atom stereocenters. The highest BCUT2D eigenvalue weighted by atomic mass is 79.9. The molecule has 0 aliphatic rings. The molecule has 0 aliphatic heterocycles. The summed E-state index contributed by atoms with van der Waals surface area (Å²) in [4.78, 5) is 9.83. The van der Waals surface area contributed by atoms with Crippen LogP contribution in [0.15, 0.2) is 27.8 Å². The van der Waals surface area contributed by atoms with Crippen molar-refractivity contribution >= 4 is 21.6 Å². The maximum absolute atomic E-state index is 12.5. The van der Waals surface area contributed by atoms with E-state index in [-0.39, 0.29) is 5.69 Å². The Hall–Kier alpha value is -0.770. The van der Waals surface area contributed by atoms with Gasteiger partial charge in [0.15, 0.2) is 5.82 Å². The van der Waals surface area contributed by atoms with Crippen LogP contribution in [0.1, 0.15) is 0 Å². The summed E-state index contributed by atoms with van der Waals surface area (Å²) in [6.45, 7) is 0. The van der Waals surface area contributed by atoms with Crippen LogP contribution in [0.4, 0.5) is 10.1 Å². The van der Waals surface area contributed by atoms with Crippen LogP contribution < -0.4 is 0 Å². The number of nitrogens with zero attached hydrogens (tertiary/aromatic N) is 1.